The summed E-state index contributed by atoms with van der Waals surface area (Å²) >= 11 is 0. The Morgan fingerprint density at radius 1 is 1.26 bits per heavy atom. The molecule has 1 amide bonds. The van der Waals surface area contributed by atoms with Crippen molar-refractivity contribution in [2.24, 2.45) is 0 Å². The molecule has 0 saturated carbocycles. The minimum absolute atomic E-state index is 0.227. The first-order valence-electron chi connectivity index (χ1n) is 7.25. The Morgan fingerprint density at radius 2 is 2.05 bits per heavy atom. The lowest BCUT2D eigenvalue weighted by Gasteiger charge is -2.41. The molecule has 0 bridgehead atoms. The molecule has 0 radical (unpaired) electrons. The molecule has 0 unspecified atom stereocenters. The summed E-state index contributed by atoms with van der Waals surface area (Å²) in [4.78, 5) is 14.2. The smallest absolute Gasteiger partial charge is 0.223 e. The predicted molar refractivity (Wildman–Crippen MR) is 73.7 cm³/mol. The molecule has 2 aliphatic heterocycles. The van der Waals surface area contributed by atoms with Crippen LogP contribution in [0.1, 0.15) is 37.7 Å². The average Bonchev–Trinajstić information content (AvgIpc) is 2.80. The summed E-state index contributed by atoms with van der Waals surface area (Å²) in [6.07, 6.45) is 4.47. The van der Waals surface area contributed by atoms with Gasteiger partial charge in [-0.05, 0) is 37.7 Å². The van der Waals surface area contributed by atoms with Crippen molar-refractivity contribution in [3.8, 4) is 0 Å². The minimum Gasteiger partial charge on any atom is -0.391 e. The van der Waals surface area contributed by atoms with E-state index in [1.807, 2.05) is 23.1 Å². The molecule has 1 N–H and O–H groups in total. The van der Waals surface area contributed by atoms with Gasteiger partial charge in [-0.15, -0.1) is 0 Å². The van der Waals surface area contributed by atoms with Gasteiger partial charge in [0.05, 0.1) is 11.6 Å². The van der Waals surface area contributed by atoms with E-state index in [9.17, 15) is 9.90 Å². The van der Waals surface area contributed by atoms with E-state index in [1.54, 1.807) is 0 Å². The van der Waals surface area contributed by atoms with E-state index in [0.29, 0.717) is 6.42 Å². The highest BCUT2D eigenvalue weighted by Gasteiger charge is 2.49. The molecule has 1 aromatic rings. The Morgan fingerprint density at radius 3 is 2.84 bits per heavy atom. The second kappa shape index (κ2) is 4.97. The highest BCUT2D eigenvalue weighted by molar-refractivity contribution is 5.78. The first-order valence-corrected chi connectivity index (χ1v) is 7.25. The van der Waals surface area contributed by atoms with Crippen molar-refractivity contribution in [1.29, 1.82) is 0 Å². The molecular weight excluding hydrogens is 238 g/mol. The average molecular weight is 259 g/mol. The molecule has 3 rings (SSSR count). The maximum Gasteiger partial charge on any atom is 0.223 e. The molecule has 2 saturated heterocycles. The fourth-order valence-corrected chi connectivity index (χ4v) is 3.72. The van der Waals surface area contributed by atoms with Crippen LogP contribution in [0.4, 0.5) is 0 Å². The highest BCUT2D eigenvalue weighted by Crippen LogP contribution is 2.40. The van der Waals surface area contributed by atoms with E-state index in [-0.39, 0.29) is 17.6 Å². The van der Waals surface area contributed by atoms with Crippen molar-refractivity contribution in [1.82, 2.24) is 4.90 Å². The molecule has 2 heterocycles. The number of fused-ring (bicyclic) bond motifs is 1. The number of hydrogen-bond acceptors (Lipinski definition) is 2. The normalized spacial score (nSPS) is 31.1. The summed E-state index contributed by atoms with van der Waals surface area (Å²) in [5, 5.41) is 10.6. The van der Waals surface area contributed by atoms with Gasteiger partial charge in [-0.1, -0.05) is 30.3 Å². The van der Waals surface area contributed by atoms with Crippen LogP contribution in [-0.4, -0.2) is 34.1 Å². The van der Waals surface area contributed by atoms with Gasteiger partial charge in [-0.2, -0.15) is 0 Å². The molecule has 1 aromatic carbocycles. The molecule has 102 valence electrons. The number of rotatable bonds is 2. The van der Waals surface area contributed by atoms with Crippen LogP contribution in [0.2, 0.25) is 0 Å². The largest absolute Gasteiger partial charge is 0.391 e. The Balaban J connectivity index is 1.94. The Labute approximate surface area is 114 Å². The molecule has 0 aliphatic carbocycles. The van der Waals surface area contributed by atoms with Crippen molar-refractivity contribution in [2.45, 2.75) is 50.2 Å². The molecule has 0 spiro atoms. The van der Waals surface area contributed by atoms with Crippen molar-refractivity contribution < 1.29 is 9.90 Å². The van der Waals surface area contributed by atoms with Crippen molar-refractivity contribution in [3.63, 3.8) is 0 Å². The third-order valence-corrected chi connectivity index (χ3v) is 4.67. The fourth-order valence-electron chi connectivity index (χ4n) is 3.72. The summed E-state index contributed by atoms with van der Waals surface area (Å²) < 4.78 is 0. The van der Waals surface area contributed by atoms with E-state index in [2.05, 4.69) is 12.1 Å². The Hall–Kier alpha value is -1.35. The maximum atomic E-state index is 12.3. The molecule has 3 nitrogen and oxygen atoms in total. The van der Waals surface area contributed by atoms with Crippen LogP contribution in [0.3, 0.4) is 0 Å². The summed E-state index contributed by atoms with van der Waals surface area (Å²) in [7, 11) is 0. The lowest BCUT2D eigenvalue weighted by Crippen LogP contribution is -2.55. The van der Waals surface area contributed by atoms with Crippen LogP contribution in [0.5, 0.6) is 0 Å². The van der Waals surface area contributed by atoms with Crippen molar-refractivity contribution in [2.75, 3.05) is 6.54 Å². The van der Waals surface area contributed by atoms with Crippen molar-refractivity contribution in [3.05, 3.63) is 35.9 Å². The molecule has 2 atom stereocenters. The number of hydrogen-bond donors (Lipinski definition) is 1. The predicted octanol–water partition coefficient (Wildman–Crippen LogP) is 2.14. The molecule has 3 heteroatoms. The first kappa shape index (κ1) is 12.7. The zero-order valence-corrected chi connectivity index (χ0v) is 11.2. The van der Waals surface area contributed by atoms with Gasteiger partial charge < -0.3 is 10.0 Å². The monoisotopic (exact) mass is 259 g/mol. The van der Waals surface area contributed by atoms with Gasteiger partial charge in [0.25, 0.3) is 0 Å². The third kappa shape index (κ3) is 2.16. The van der Waals surface area contributed by atoms with Gasteiger partial charge in [0.1, 0.15) is 0 Å². The zero-order chi connectivity index (χ0) is 13.3. The van der Waals surface area contributed by atoms with Gasteiger partial charge in [0.15, 0.2) is 0 Å². The SMILES string of the molecule is O=C1CCC[C@H](O)[C@]2(Cc3ccccc3)CCCN12. The number of carbonyl (C=O) groups excluding carboxylic acids is 1. The lowest BCUT2D eigenvalue weighted by atomic mass is 9.82. The molecule has 0 aromatic heterocycles. The number of carbonyl (C=O) groups is 1. The number of nitrogens with zero attached hydrogens (tertiary/aromatic N) is 1. The van der Waals surface area contributed by atoms with Gasteiger partial charge in [0, 0.05) is 13.0 Å². The Bertz CT molecular complexity index is 459. The van der Waals surface area contributed by atoms with Gasteiger partial charge in [0.2, 0.25) is 5.91 Å². The first-order chi connectivity index (χ1) is 9.22. The topological polar surface area (TPSA) is 40.5 Å². The summed E-state index contributed by atoms with van der Waals surface area (Å²) in [5.41, 5.74) is 0.859. The van der Waals surface area contributed by atoms with Crippen LogP contribution in [0, 0.1) is 0 Å². The van der Waals surface area contributed by atoms with E-state index < -0.39 is 0 Å². The van der Waals surface area contributed by atoms with Crippen LogP contribution in [0.25, 0.3) is 0 Å². The summed E-state index contributed by atoms with van der Waals surface area (Å²) in [6.45, 7) is 0.808. The number of aliphatic hydroxyl groups is 1. The number of aliphatic hydroxyl groups excluding tert-OH is 1. The second-order valence-corrected chi connectivity index (χ2v) is 5.82. The minimum atomic E-state index is -0.387. The second-order valence-electron chi connectivity index (χ2n) is 5.82. The quantitative estimate of drug-likeness (QED) is 0.884. The van der Waals surface area contributed by atoms with E-state index in [0.717, 1.165) is 38.6 Å². The van der Waals surface area contributed by atoms with Crippen LogP contribution in [0.15, 0.2) is 30.3 Å². The summed E-state index contributed by atoms with van der Waals surface area (Å²) in [6, 6.07) is 10.2. The van der Waals surface area contributed by atoms with Crippen molar-refractivity contribution >= 4 is 5.91 Å². The van der Waals surface area contributed by atoms with Gasteiger partial charge in [-0.3, -0.25) is 4.79 Å². The van der Waals surface area contributed by atoms with Crippen LogP contribution < -0.4 is 0 Å². The van der Waals surface area contributed by atoms with E-state index in [4.69, 9.17) is 0 Å². The molecule has 2 fully saturated rings. The third-order valence-electron chi connectivity index (χ3n) is 4.67. The number of benzene rings is 1. The highest BCUT2D eigenvalue weighted by atomic mass is 16.3. The fraction of sp³-hybridized carbons (Fsp3) is 0.562. The van der Waals surface area contributed by atoms with E-state index >= 15 is 0 Å². The van der Waals surface area contributed by atoms with Crippen LogP contribution in [-0.2, 0) is 11.2 Å². The molecule has 2 aliphatic rings. The van der Waals surface area contributed by atoms with Crippen LogP contribution >= 0.6 is 0 Å². The van der Waals surface area contributed by atoms with Gasteiger partial charge >= 0.3 is 0 Å². The lowest BCUT2D eigenvalue weighted by molar-refractivity contribution is -0.137. The summed E-state index contributed by atoms with van der Waals surface area (Å²) in [5.74, 6) is 0.227. The number of amides is 1. The maximum absolute atomic E-state index is 12.3. The molecule has 19 heavy (non-hydrogen) atoms. The molecular formula is C16H21NO2. The Kier molecular flexibility index (Phi) is 3.31. The van der Waals surface area contributed by atoms with Gasteiger partial charge in [-0.25, -0.2) is 0 Å². The van der Waals surface area contributed by atoms with E-state index in [1.165, 1.54) is 5.56 Å². The standard InChI is InChI=1S/C16H21NO2/c18-14-8-4-9-15(19)17-11-5-10-16(14,17)12-13-6-2-1-3-7-13/h1-3,6-7,14,18H,4-5,8-12H2/t14-,16+/m0/s1. The zero-order valence-electron chi connectivity index (χ0n) is 11.2.